The van der Waals surface area contributed by atoms with Gasteiger partial charge in [0.15, 0.2) is 11.3 Å². The third kappa shape index (κ3) is 1.98. The van der Waals surface area contributed by atoms with Gasteiger partial charge in [-0.25, -0.2) is 4.68 Å². The lowest BCUT2D eigenvalue weighted by Gasteiger charge is -2.03. The molecule has 0 bridgehead atoms. The van der Waals surface area contributed by atoms with Gasteiger partial charge in [-0.1, -0.05) is 30.3 Å². The molecule has 104 valence electrons. The van der Waals surface area contributed by atoms with Crippen molar-refractivity contribution in [1.29, 1.82) is 0 Å². The number of aromatic nitrogens is 4. The molecular weight excluding hydrogens is 271 g/mol. The fraction of sp³-hybridized carbons (Fsp3) is 0.167. The molecule has 8 heteroatoms. The number of alkyl halides is 3. The first-order valence-corrected chi connectivity index (χ1v) is 5.78. The molecule has 3 aromatic rings. The lowest BCUT2D eigenvalue weighted by atomic mass is 10.2. The lowest BCUT2D eigenvalue weighted by Crippen LogP contribution is -2.10. The quantitative estimate of drug-likeness (QED) is 0.757. The predicted octanol–water partition coefficient (Wildman–Crippen LogP) is 2.41. The fourth-order valence-corrected chi connectivity index (χ4v) is 2.05. The van der Waals surface area contributed by atoms with Gasteiger partial charge in [-0.3, -0.25) is 5.10 Å². The third-order valence-corrected chi connectivity index (χ3v) is 2.92. The number of rotatable bonds is 2. The van der Waals surface area contributed by atoms with E-state index in [1.165, 1.54) is 4.68 Å². The Labute approximate surface area is 111 Å². The molecule has 2 heterocycles. The Morgan fingerprint density at radius 2 is 1.90 bits per heavy atom. The molecule has 3 N–H and O–H groups in total. The van der Waals surface area contributed by atoms with Gasteiger partial charge in [0.2, 0.25) is 0 Å². The van der Waals surface area contributed by atoms with Crippen LogP contribution in [0.2, 0.25) is 0 Å². The number of nitrogens with one attached hydrogen (secondary N) is 1. The number of nitrogen functional groups attached to an aromatic ring is 1. The van der Waals surface area contributed by atoms with Crippen LogP contribution in [0.1, 0.15) is 11.3 Å². The van der Waals surface area contributed by atoms with E-state index in [4.69, 9.17) is 5.73 Å². The standard InChI is InChI=1S/C12H10F3N5/c13-12(14,15)9-8-10(16)17-18-11(8)20(19-9)6-7-4-2-1-3-5-7/h1-5H,6H2,(H3,16,17,18). The van der Waals surface area contributed by atoms with Crippen LogP contribution in [-0.4, -0.2) is 20.0 Å². The Morgan fingerprint density at radius 3 is 2.55 bits per heavy atom. The molecule has 0 atom stereocenters. The molecule has 0 amide bonds. The van der Waals surface area contributed by atoms with Crippen molar-refractivity contribution in [3.8, 4) is 0 Å². The summed E-state index contributed by atoms with van der Waals surface area (Å²) in [5, 5.41) is 9.58. The number of hydrogen-bond donors (Lipinski definition) is 2. The van der Waals surface area contributed by atoms with Crippen LogP contribution in [0.3, 0.4) is 0 Å². The van der Waals surface area contributed by atoms with Gasteiger partial charge in [0.25, 0.3) is 0 Å². The van der Waals surface area contributed by atoms with Crippen LogP contribution in [0.25, 0.3) is 11.0 Å². The molecule has 0 aliphatic carbocycles. The monoisotopic (exact) mass is 281 g/mol. The molecule has 0 fully saturated rings. The molecule has 3 rings (SSSR count). The number of aromatic amines is 1. The largest absolute Gasteiger partial charge is 0.435 e. The molecule has 0 saturated carbocycles. The van der Waals surface area contributed by atoms with Gasteiger partial charge in [0, 0.05) is 0 Å². The van der Waals surface area contributed by atoms with Crippen LogP contribution in [0.15, 0.2) is 30.3 Å². The average molecular weight is 281 g/mol. The zero-order valence-corrected chi connectivity index (χ0v) is 10.1. The van der Waals surface area contributed by atoms with E-state index < -0.39 is 11.9 Å². The Morgan fingerprint density at radius 1 is 1.20 bits per heavy atom. The summed E-state index contributed by atoms with van der Waals surface area (Å²) in [7, 11) is 0. The molecular formula is C12H10F3N5. The van der Waals surface area contributed by atoms with Gasteiger partial charge in [-0.2, -0.15) is 23.4 Å². The van der Waals surface area contributed by atoms with Gasteiger partial charge in [-0.05, 0) is 5.56 Å². The number of anilines is 1. The Kier molecular flexibility index (Phi) is 2.66. The first-order chi connectivity index (χ1) is 9.47. The zero-order valence-electron chi connectivity index (χ0n) is 10.1. The molecule has 0 spiro atoms. The number of nitrogens with two attached hydrogens (primary N) is 1. The Bertz CT molecular complexity index is 742. The smallest absolute Gasteiger partial charge is 0.383 e. The van der Waals surface area contributed by atoms with Crippen molar-refractivity contribution in [2.24, 2.45) is 0 Å². The van der Waals surface area contributed by atoms with Gasteiger partial charge < -0.3 is 5.73 Å². The Hall–Kier alpha value is -2.51. The van der Waals surface area contributed by atoms with Crippen LogP contribution >= 0.6 is 0 Å². The minimum atomic E-state index is -4.57. The van der Waals surface area contributed by atoms with Gasteiger partial charge in [-0.15, -0.1) is 0 Å². The van der Waals surface area contributed by atoms with Crippen LogP contribution in [0.4, 0.5) is 19.0 Å². The first kappa shape index (κ1) is 12.5. The second-order valence-corrected chi connectivity index (χ2v) is 4.33. The highest BCUT2D eigenvalue weighted by Crippen LogP contribution is 2.35. The van der Waals surface area contributed by atoms with Crippen LogP contribution in [0, 0.1) is 0 Å². The van der Waals surface area contributed by atoms with Gasteiger partial charge in [0.1, 0.15) is 5.82 Å². The number of H-pyrrole nitrogens is 1. The molecule has 0 aliphatic rings. The molecule has 2 aromatic heterocycles. The van der Waals surface area contributed by atoms with Crippen molar-refractivity contribution in [3.05, 3.63) is 41.6 Å². The summed E-state index contributed by atoms with van der Waals surface area (Å²) in [6.45, 7) is 0.192. The summed E-state index contributed by atoms with van der Waals surface area (Å²) in [6.07, 6.45) is -4.57. The van der Waals surface area contributed by atoms with E-state index in [1.807, 2.05) is 6.07 Å². The zero-order chi connectivity index (χ0) is 14.3. The number of halogens is 3. The Balaban J connectivity index is 2.13. The first-order valence-electron chi connectivity index (χ1n) is 5.78. The van der Waals surface area contributed by atoms with E-state index in [9.17, 15) is 13.2 Å². The van der Waals surface area contributed by atoms with E-state index in [2.05, 4.69) is 15.3 Å². The number of benzene rings is 1. The van der Waals surface area contributed by atoms with E-state index in [1.54, 1.807) is 24.3 Å². The maximum atomic E-state index is 13.0. The summed E-state index contributed by atoms with van der Waals surface area (Å²) in [4.78, 5) is 0. The van der Waals surface area contributed by atoms with Crippen LogP contribution in [0.5, 0.6) is 0 Å². The molecule has 20 heavy (non-hydrogen) atoms. The van der Waals surface area contributed by atoms with Crippen molar-refractivity contribution >= 4 is 16.9 Å². The van der Waals surface area contributed by atoms with Crippen molar-refractivity contribution in [2.75, 3.05) is 5.73 Å². The summed E-state index contributed by atoms with van der Waals surface area (Å²) in [5.74, 6) is -0.133. The van der Waals surface area contributed by atoms with Gasteiger partial charge >= 0.3 is 6.18 Å². The molecule has 0 radical (unpaired) electrons. The van der Waals surface area contributed by atoms with Crippen molar-refractivity contribution < 1.29 is 13.2 Å². The van der Waals surface area contributed by atoms with Crippen LogP contribution in [-0.2, 0) is 12.7 Å². The summed E-state index contributed by atoms with van der Waals surface area (Å²) < 4.78 is 40.1. The van der Waals surface area contributed by atoms with Crippen molar-refractivity contribution in [3.63, 3.8) is 0 Å². The topological polar surface area (TPSA) is 72.5 Å². The fourth-order valence-electron chi connectivity index (χ4n) is 2.05. The molecule has 1 aromatic carbocycles. The van der Waals surface area contributed by atoms with E-state index >= 15 is 0 Å². The number of hydrogen-bond acceptors (Lipinski definition) is 3. The maximum absolute atomic E-state index is 13.0. The highest BCUT2D eigenvalue weighted by molar-refractivity contribution is 5.89. The lowest BCUT2D eigenvalue weighted by molar-refractivity contribution is -0.140. The molecule has 5 nitrogen and oxygen atoms in total. The average Bonchev–Trinajstić information content (AvgIpc) is 2.93. The minimum Gasteiger partial charge on any atom is -0.383 e. The highest BCUT2D eigenvalue weighted by atomic mass is 19.4. The number of nitrogens with zero attached hydrogens (tertiary/aromatic N) is 3. The molecule has 0 unspecified atom stereocenters. The second kappa shape index (κ2) is 4.26. The minimum absolute atomic E-state index is 0.0960. The summed E-state index contributed by atoms with van der Waals surface area (Å²) in [5.41, 5.74) is 5.41. The SMILES string of the molecule is Nc1[nH]nc2c1c(C(F)(F)F)nn2Cc1ccccc1. The van der Waals surface area contributed by atoms with Crippen LogP contribution < -0.4 is 5.73 Å². The molecule has 0 saturated heterocycles. The van der Waals surface area contributed by atoms with Gasteiger partial charge in [0.05, 0.1) is 11.9 Å². The summed E-state index contributed by atoms with van der Waals surface area (Å²) >= 11 is 0. The maximum Gasteiger partial charge on any atom is 0.435 e. The predicted molar refractivity (Wildman–Crippen MR) is 66.8 cm³/mol. The second-order valence-electron chi connectivity index (χ2n) is 4.33. The van der Waals surface area contributed by atoms with E-state index in [0.717, 1.165) is 5.56 Å². The highest BCUT2D eigenvalue weighted by Gasteiger charge is 2.38. The van der Waals surface area contributed by atoms with E-state index in [-0.39, 0.29) is 23.4 Å². The summed E-state index contributed by atoms with van der Waals surface area (Å²) in [6, 6.07) is 9.04. The normalized spacial score (nSPS) is 12.2. The van der Waals surface area contributed by atoms with E-state index in [0.29, 0.717) is 0 Å². The number of fused-ring (bicyclic) bond motifs is 1. The van der Waals surface area contributed by atoms with Crippen molar-refractivity contribution in [1.82, 2.24) is 20.0 Å². The third-order valence-electron chi connectivity index (χ3n) is 2.92. The molecule has 0 aliphatic heterocycles. The van der Waals surface area contributed by atoms with Crippen molar-refractivity contribution in [2.45, 2.75) is 12.7 Å².